The van der Waals surface area contributed by atoms with Crippen molar-refractivity contribution < 1.29 is 19.7 Å². The highest BCUT2D eigenvalue weighted by molar-refractivity contribution is 5.42. The molecule has 2 N–H and O–H groups in total. The topological polar surface area (TPSA) is 58.9 Å². The summed E-state index contributed by atoms with van der Waals surface area (Å²) >= 11 is 0. The third-order valence-electron chi connectivity index (χ3n) is 5.40. The van der Waals surface area contributed by atoms with Crippen LogP contribution in [0, 0.1) is 0 Å². The molecule has 0 saturated carbocycles. The fourth-order valence-electron chi connectivity index (χ4n) is 3.61. The number of benzene rings is 1. The molecule has 0 radical (unpaired) electrons. The quantitative estimate of drug-likeness (QED) is 0.334. The van der Waals surface area contributed by atoms with Crippen LogP contribution in [0.2, 0.25) is 0 Å². The molecule has 0 amide bonds. The molecule has 4 nitrogen and oxygen atoms in total. The normalized spacial score (nSPS) is 13.3. The molecule has 0 saturated heterocycles. The standard InChI is InChI=1S/C24H42O4/c1-4-5-6-7-8-9-10-11-12-13-21(25)19-22(26)16-14-20-15-17-23(27-2)24(18-20)28-3/h15,17-18,21-22,25-26H,4-14,16,19H2,1-3H3. The zero-order chi connectivity index (χ0) is 20.6. The van der Waals surface area contributed by atoms with E-state index >= 15 is 0 Å². The van der Waals surface area contributed by atoms with Crippen molar-refractivity contribution in [1.29, 1.82) is 0 Å². The van der Waals surface area contributed by atoms with Gasteiger partial charge < -0.3 is 19.7 Å². The van der Waals surface area contributed by atoms with Crippen molar-refractivity contribution in [2.75, 3.05) is 14.2 Å². The summed E-state index contributed by atoms with van der Waals surface area (Å²) in [6.45, 7) is 2.25. The van der Waals surface area contributed by atoms with Crippen LogP contribution in [-0.2, 0) is 6.42 Å². The Balaban J connectivity index is 2.12. The SMILES string of the molecule is CCCCCCCCCCCC(O)CC(O)CCc1ccc(OC)c(OC)c1. The van der Waals surface area contributed by atoms with Gasteiger partial charge in [0.05, 0.1) is 26.4 Å². The molecule has 1 aromatic carbocycles. The molecule has 0 bridgehead atoms. The fourth-order valence-corrected chi connectivity index (χ4v) is 3.61. The van der Waals surface area contributed by atoms with Gasteiger partial charge in [-0.05, 0) is 43.4 Å². The molecule has 0 fully saturated rings. The summed E-state index contributed by atoms with van der Waals surface area (Å²) < 4.78 is 10.6. The fraction of sp³-hybridized carbons (Fsp3) is 0.750. The second-order valence-electron chi connectivity index (χ2n) is 7.89. The Hall–Kier alpha value is -1.26. The van der Waals surface area contributed by atoms with Crippen molar-refractivity contribution in [3.63, 3.8) is 0 Å². The van der Waals surface area contributed by atoms with E-state index in [2.05, 4.69) is 6.92 Å². The average Bonchev–Trinajstić information content (AvgIpc) is 2.70. The van der Waals surface area contributed by atoms with Crippen LogP contribution in [0.4, 0.5) is 0 Å². The predicted octanol–water partition coefficient (Wildman–Crippen LogP) is 5.67. The Labute approximate surface area is 172 Å². The van der Waals surface area contributed by atoms with Gasteiger partial charge in [-0.3, -0.25) is 0 Å². The number of hydrogen-bond acceptors (Lipinski definition) is 4. The van der Waals surface area contributed by atoms with Crippen LogP contribution in [0.25, 0.3) is 0 Å². The lowest BCUT2D eigenvalue weighted by Gasteiger charge is -2.16. The smallest absolute Gasteiger partial charge is 0.160 e. The van der Waals surface area contributed by atoms with Gasteiger partial charge in [-0.2, -0.15) is 0 Å². The van der Waals surface area contributed by atoms with Crippen LogP contribution in [0.3, 0.4) is 0 Å². The summed E-state index contributed by atoms with van der Waals surface area (Å²) in [6.07, 6.45) is 13.4. The zero-order valence-electron chi connectivity index (χ0n) is 18.3. The Bertz CT molecular complexity index is 503. The molecule has 0 heterocycles. The number of aliphatic hydroxyl groups excluding tert-OH is 2. The van der Waals surface area contributed by atoms with E-state index in [9.17, 15) is 10.2 Å². The van der Waals surface area contributed by atoms with Gasteiger partial charge in [0.2, 0.25) is 0 Å². The monoisotopic (exact) mass is 394 g/mol. The number of unbranched alkanes of at least 4 members (excludes halogenated alkanes) is 8. The van der Waals surface area contributed by atoms with Crippen LogP contribution in [0.5, 0.6) is 11.5 Å². The van der Waals surface area contributed by atoms with Gasteiger partial charge >= 0.3 is 0 Å². The van der Waals surface area contributed by atoms with Gasteiger partial charge in [0.15, 0.2) is 11.5 Å². The van der Waals surface area contributed by atoms with Crippen molar-refractivity contribution in [3.05, 3.63) is 23.8 Å². The summed E-state index contributed by atoms with van der Waals surface area (Å²) in [6, 6.07) is 5.83. The maximum Gasteiger partial charge on any atom is 0.160 e. The molecule has 0 aliphatic heterocycles. The molecule has 2 atom stereocenters. The Morgan fingerprint density at radius 1 is 0.750 bits per heavy atom. The summed E-state index contributed by atoms with van der Waals surface area (Å²) in [5.41, 5.74) is 1.10. The summed E-state index contributed by atoms with van der Waals surface area (Å²) in [7, 11) is 3.25. The van der Waals surface area contributed by atoms with E-state index < -0.39 is 12.2 Å². The van der Waals surface area contributed by atoms with Gasteiger partial charge in [-0.15, -0.1) is 0 Å². The van der Waals surface area contributed by atoms with E-state index in [0.29, 0.717) is 24.3 Å². The average molecular weight is 395 g/mol. The zero-order valence-corrected chi connectivity index (χ0v) is 18.3. The van der Waals surface area contributed by atoms with Crippen molar-refractivity contribution in [3.8, 4) is 11.5 Å². The molecule has 0 aromatic heterocycles. The molecule has 28 heavy (non-hydrogen) atoms. The van der Waals surface area contributed by atoms with E-state index in [-0.39, 0.29) is 0 Å². The highest BCUT2D eigenvalue weighted by atomic mass is 16.5. The van der Waals surface area contributed by atoms with Crippen LogP contribution >= 0.6 is 0 Å². The first-order valence-corrected chi connectivity index (χ1v) is 11.2. The maximum absolute atomic E-state index is 10.2. The summed E-state index contributed by atoms with van der Waals surface area (Å²) in [5, 5.41) is 20.4. The van der Waals surface area contributed by atoms with Crippen LogP contribution in [0.15, 0.2) is 18.2 Å². The van der Waals surface area contributed by atoms with Gasteiger partial charge in [-0.25, -0.2) is 0 Å². The number of rotatable bonds is 17. The van der Waals surface area contributed by atoms with Crippen molar-refractivity contribution in [1.82, 2.24) is 0 Å². The van der Waals surface area contributed by atoms with E-state index in [4.69, 9.17) is 9.47 Å². The second kappa shape index (κ2) is 15.6. The van der Waals surface area contributed by atoms with E-state index in [1.807, 2.05) is 18.2 Å². The molecule has 0 aliphatic rings. The number of aryl methyl sites for hydroxylation is 1. The van der Waals surface area contributed by atoms with Crippen LogP contribution < -0.4 is 9.47 Å². The van der Waals surface area contributed by atoms with Crippen molar-refractivity contribution in [2.45, 2.75) is 103 Å². The first-order valence-electron chi connectivity index (χ1n) is 11.2. The highest BCUT2D eigenvalue weighted by Crippen LogP contribution is 2.28. The molecular formula is C24H42O4. The molecule has 0 spiro atoms. The second-order valence-corrected chi connectivity index (χ2v) is 7.89. The third-order valence-corrected chi connectivity index (χ3v) is 5.40. The minimum atomic E-state index is -0.471. The Morgan fingerprint density at radius 2 is 1.32 bits per heavy atom. The minimum Gasteiger partial charge on any atom is -0.493 e. The van der Waals surface area contributed by atoms with Crippen molar-refractivity contribution >= 4 is 0 Å². The van der Waals surface area contributed by atoms with Crippen LogP contribution in [0.1, 0.15) is 89.5 Å². The maximum atomic E-state index is 10.2. The lowest BCUT2D eigenvalue weighted by molar-refractivity contribution is 0.0697. The molecule has 2 unspecified atom stereocenters. The number of hydrogen-bond donors (Lipinski definition) is 2. The van der Waals surface area contributed by atoms with Crippen LogP contribution in [-0.4, -0.2) is 36.6 Å². The van der Waals surface area contributed by atoms with E-state index in [1.165, 1.54) is 51.4 Å². The van der Waals surface area contributed by atoms with Crippen molar-refractivity contribution in [2.24, 2.45) is 0 Å². The molecule has 162 valence electrons. The molecule has 0 aliphatic carbocycles. The van der Waals surface area contributed by atoms with Gasteiger partial charge in [-0.1, -0.05) is 70.8 Å². The first-order chi connectivity index (χ1) is 13.6. The van der Waals surface area contributed by atoms with Gasteiger partial charge in [0.25, 0.3) is 0 Å². The van der Waals surface area contributed by atoms with E-state index in [1.54, 1.807) is 14.2 Å². The lowest BCUT2D eigenvalue weighted by atomic mass is 9.99. The Kier molecular flexibility index (Phi) is 13.8. The molecule has 1 aromatic rings. The third kappa shape index (κ3) is 10.9. The highest BCUT2D eigenvalue weighted by Gasteiger charge is 2.13. The lowest BCUT2D eigenvalue weighted by Crippen LogP contribution is -2.18. The van der Waals surface area contributed by atoms with Gasteiger partial charge in [0, 0.05) is 0 Å². The predicted molar refractivity (Wildman–Crippen MR) is 116 cm³/mol. The number of aliphatic hydroxyl groups is 2. The largest absolute Gasteiger partial charge is 0.493 e. The number of ether oxygens (including phenoxy) is 2. The molecule has 4 heteroatoms. The van der Waals surface area contributed by atoms with Gasteiger partial charge in [0.1, 0.15) is 0 Å². The van der Waals surface area contributed by atoms with E-state index in [0.717, 1.165) is 24.8 Å². The first kappa shape index (κ1) is 24.8. The Morgan fingerprint density at radius 3 is 1.93 bits per heavy atom. The molecule has 1 rings (SSSR count). The number of methoxy groups -OCH3 is 2. The summed E-state index contributed by atoms with van der Waals surface area (Å²) in [4.78, 5) is 0. The minimum absolute atomic E-state index is 0.398. The molecular weight excluding hydrogens is 352 g/mol. The summed E-state index contributed by atoms with van der Waals surface area (Å²) in [5.74, 6) is 1.42.